The van der Waals surface area contributed by atoms with Crippen LogP contribution in [0.2, 0.25) is 0 Å². The summed E-state index contributed by atoms with van der Waals surface area (Å²) in [6.45, 7) is -0.197. The summed E-state index contributed by atoms with van der Waals surface area (Å²) in [7, 11) is 0. The van der Waals surface area contributed by atoms with E-state index in [0.717, 1.165) is 14.9 Å². The maximum Gasteiger partial charge on any atom is 0.220 e. The Morgan fingerprint density at radius 3 is 2.61 bits per heavy atom. The number of hydrogen-bond acceptors (Lipinski definition) is 4. The first-order valence-corrected chi connectivity index (χ1v) is 9.12. The average molecular weight is 398 g/mol. The maximum atomic E-state index is 12.0. The summed E-state index contributed by atoms with van der Waals surface area (Å²) in [6.07, 6.45) is 0.580. The van der Waals surface area contributed by atoms with Crippen molar-refractivity contribution in [3.63, 3.8) is 0 Å². The van der Waals surface area contributed by atoms with E-state index in [-0.39, 0.29) is 18.9 Å². The molecule has 124 valence electrons. The van der Waals surface area contributed by atoms with Crippen molar-refractivity contribution in [1.29, 1.82) is 0 Å². The summed E-state index contributed by atoms with van der Waals surface area (Å²) in [6, 6.07) is 10.8. The number of carbonyl (C=O) groups excluding carboxylic acids is 1. The van der Waals surface area contributed by atoms with E-state index in [1.807, 2.05) is 41.8 Å². The molecule has 4 nitrogen and oxygen atoms in total. The number of halogens is 1. The van der Waals surface area contributed by atoms with E-state index >= 15 is 0 Å². The van der Waals surface area contributed by atoms with Crippen LogP contribution in [0.25, 0.3) is 0 Å². The Morgan fingerprint density at radius 2 is 2.00 bits per heavy atom. The minimum atomic E-state index is -0.709. The van der Waals surface area contributed by atoms with Gasteiger partial charge in [0.15, 0.2) is 0 Å². The highest BCUT2D eigenvalue weighted by atomic mass is 79.9. The molecule has 0 saturated carbocycles. The van der Waals surface area contributed by atoms with Gasteiger partial charge in [-0.25, -0.2) is 0 Å². The monoisotopic (exact) mass is 397 g/mol. The molecule has 2 atom stereocenters. The Labute approximate surface area is 148 Å². The molecule has 1 aromatic carbocycles. The fourth-order valence-corrected chi connectivity index (χ4v) is 3.63. The van der Waals surface area contributed by atoms with Crippen molar-refractivity contribution in [2.75, 3.05) is 6.61 Å². The number of aliphatic hydroxyl groups excluding tert-OH is 2. The topological polar surface area (TPSA) is 69.6 Å². The van der Waals surface area contributed by atoms with Crippen molar-refractivity contribution in [2.45, 2.75) is 31.4 Å². The molecule has 0 spiro atoms. The molecule has 0 aliphatic carbocycles. The first kappa shape index (κ1) is 18.1. The third-order valence-corrected chi connectivity index (χ3v) is 5.40. The van der Waals surface area contributed by atoms with Crippen LogP contribution in [0.4, 0.5) is 0 Å². The quantitative estimate of drug-likeness (QED) is 0.640. The van der Waals surface area contributed by atoms with Crippen molar-refractivity contribution in [2.24, 2.45) is 0 Å². The van der Waals surface area contributed by atoms with Crippen LogP contribution in [0.15, 0.2) is 45.6 Å². The molecule has 0 saturated heterocycles. The van der Waals surface area contributed by atoms with Crippen LogP contribution in [0.1, 0.15) is 30.1 Å². The number of amides is 1. The van der Waals surface area contributed by atoms with E-state index in [4.69, 9.17) is 0 Å². The minimum Gasteiger partial charge on any atom is -0.394 e. The lowest BCUT2D eigenvalue weighted by atomic mass is 10.0. The molecule has 2 rings (SSSR count). The fourth-order valence-electron chi connectivity index (χ4n) is 2.31. The maximum absolute atomic E-state index is 12.0. The number of benzene rings is 1. The smallest absolute Gasteiger partial charge is 0.220 e. The second-order valence-electron chi connectivity index (χ2n) is 5.33. The van der Waals surface area contributed by atoms with Crippen molar-refractivity contribution >= 4 is 33.2 Å². The molecule has 1 amide bonds. The van der Waals surface area contributed by atoms with Crippen LogP contribution >= 0.6 is 27.3 Å². The van der Waals surface area contributed by atoms with E-state index in [1.54, 1.807) is 11.3 Å². The predicted molar refractivity (Wildman–Crippen MR) is 95.4 cm³/mol. The summed E-state index contributed by atoms with van der Waals surface area (Å²) < 4.78 is 1.04. The number of hydrogen-bond donors (Lipinski definition) is 3. The van der Waals surface area contributed by atoms with Crippen LogP contribution in [0.3, 0.4) is 0 Å². The SMILES string of the molecule is O=C(CCc1ccsc1Br)NC(CO)CC(O)c1ccccc1. The van der Waals surface area contributed by atoms with Crippen LogP contribution in [0.5, 0.6) is 0 Å². The van der Waals surface area contributed by atoms with Crippen molar-refractivity contribution < 1.29 is 15.0 Å². The summed E-state index contributed by atoms with van der Waals surface area (Å²) in [5, 5.41) is 24.4. The lowest BCUT2D eigenvalue weighted by molar-refractivity contribution is -0.122. The summed E-state index contributed by atoms with van der Waals surface area (Å²) >= 11 is 5.05. The van der Waals surface area contributed by atoms with Gasteiger partial charge in [0.05, 0.1) is 22.5 Å². The molecular formula is C17H20BrNO3S. The van der Waals surface area contributed by atoms with Crippen LogP contribution in [0, 0.1) is 0 Å². The highest BCUT2D eigenvalue weighted by Gasteiger charge is 2.17. The highest BCUT2D eigenvalue weighted by molar-refractivity contribution is 9.11. The molecule has 3 N–H and O–H groups in total. The molecule has 0 fully saturated rings. The number of rotatable bonds is 8. The molecule has 0 aliphatic rings. The van der Waals surface area contributed by atoms with Gasteiger partial charge in [-0.15, -0.1) is 11.3 Å². The van der Waals surface area contributed by atoms with Crippen LogP contribution < -0.4 is 5.32 Å². The van der Waals surface area contributed by atoms with Gasteiger partial charge in [-0.3, -0.25) is 4.79 Å². The Hall–Kier alpha value is -1.21. The fraction of sp³-hybridized carbons (Fsp3) is 0.353. The van der Waals surface area contributed by atoms with Gasteiger partial charge in [0.1, 0.15) is 0 Å². The zero-order valence-electron chi connectivity index (χ0n) is 12.6. The normalized spacial score (nSPS) is 13.5. The lowest BCUT2D eigenvalue weighted by Gasteiger charge is -2.20. The van der Waals surface area contributed by atoms with Gasteiger partial charge >= 0.3 is 0 Å². The first-order chi connectivity index (χ1) is 11.1. The molecular weight excluding hydrogens is 378 g/mol. The molecule has 6 heteroatoms. The molecule has 0 aliphatic heterocycles. The molecule has 1 aromatic heterocycles. The van der Waals surface area contributed by atoms with E-state index < -0.39 is 12.1 Å². The van der Waals surface area contributed by atoms with Crippen molar-refractivity contribution in [3.05, 3.63) is 56.7 Å². The highest BCUT2D eigenvalue weighted by Crippen LogP contribution is 2.24. The Bertz CT molecular complexity index is 617. The molecule has 0 radical (unpaired) electrons. The largest absolute Gasteiger partial charge is 0.394 e. The number of carbonyl (C=O) groups is 1. The molecule has 2 unspecified atom stereocenters. The molecule has 0 bridgehead atoms. The van der Waals surface area contributed by atoms with Gasteiger partial charge < -0.3 is 15.5 Å². The Balaban J connectivity index is 1.81. The number of thiophene rings is 1. The van der Waals surface area contributed by atoms with E-state index in [9.17, 15) is 15.0 Å². The van der Waals surface area contributed by atoms with Gasteiger partial charge in [0.25, 0.3) is 0 Å². The zero-order valence-corrected chi connectivity index (χ0v) is 15.0. The van der Waals surface area contributed by atoms with Gasteiger partial charge in [0, 0.05) is 6.42 Å². The van der Waals surface area contributed by atoms with Gasteiger partial charge in [-0.1, -0.05) is 30.3 Å². The standard InChI is InChI=1S/C17H20BrNO3S/c18-17-13(8-9-23-17)6-7-16(22)19-14(11-20)10-15(21)12-4-2-1-3-5-12/h1-5,8-9,14-15,20-21H,6-7,10-11H2,(H,19,22). The van der Waals surface area contributed by atoms with E-state index in [1.165, 1.54) is 0 Å². The minimum absolute atomic E-state index is 0.123. The van der Waals surface area contributed by atoms with Gasteiger partial charge in [-0.05, 0) is 51.3 Å². The predicted octanol–water partition coefficient (Wildman–Crippen LogP) is 3.04. The second kappa shape index (κ2) is 9.17. The summed E-state index contributed by atoms with van der Waals surface area (Å²) in [5.74, 6) is -0.123. The number of aryl methyl sites for hydroxylation is 1. The third-order valence-electron chi connectivity index (χ3n) is 3.59. The van der Waals surface area contributed by atoms with Crippen molar-refractivity contribution in [3.8, 4) is 0 Å². The van der Waals surface area contributed by atoms with Crippen LogP contribution in [-0.4, -0.2) is 28.8 Å². The Morgan fingerprint density at radius 1 is 1.26 bits per heavy atom. The lowest BCUT2D eigenvalue weighted by Crippen LogP contribution is -2.38. The molecule has 23 heavy (non-hydrogen) atoms. The number of aliphatic hydroxyl groups is 2. The second-order valence-corrected chi connectivity index (χ2v) is 7.56. The molecule has 1 heterocycles. The number of nitrogens with one attached hydrogen (secondary N) is 1. The van der Waals surface area contributed by atoms with E-state index in [0.29, 0.717) is 12.8 Å². The zero-order chi connectivity index (χ0) is 16.7. The van der Waals surface area contributed by atoms with Crippen LogP contribution in [-0.2, 0) is 11.2 Å². The first-order valence-electron chi connectivity index (χ1n) is 7.45. The van der Waals surface area contributed by atoms with Gasteiger partial charge in [0.2, 0.25) is 5.91 Å². The van der Waals surface area contributed by atoms with Gasteiger partial charge in [-0.2, -0.15) is 0 Å². The van der Waals surface area contributed by atoms with Crippen molar-refractivity contribution in [1.82, 2.24) is 5.32 Å². The average Bonchev–Trinajstić information content (AvgIpc) is 2.98. The summed E-state index contributed by atoms with van der Waals surface area (Å²) in [5.41, 5.74) is 1.89. The summed E-state index contributed by atoms with van der Waals surface area (Å²) in [4.78, 5) is 12.0. The van der Waals surface area contributed by atoms with E-state index in [2.05, 4.69) is 21.2 Å². The Kier molecular flexibility index (Phi) is 7.23. The third kappa shape index (κ3) is 5.73. The molecule has 2 aromatic rings.